The van der Waals surface area contributed by atoms with Crippen molar-refractivity contribution in [1.29, 1.82) is 0 Å². The van der Waals surface area contributed by atoms with Gasteiger partial charge in [0.05, 0.1) is 35.5 Å². The van der Waals surface area contributed by atoms with Gasteiger partial charge in [-0.2, -0.15) is 13.9 Å². The zero-order valence-electron chi connectivity index (χ0n) is 22.6. The van der Waals surface area contributed by atoms with E-state index < -0.39 is 35.8 Å². The Balaban J connectivity index is 1.53. The maximum atomic E-state index is 13.7. The standard InChI is InChI=1S/C28H33F2N5O5/c1-15(2)40-23-9-20-19(8-21(23)24(31)36)22(12-32-25(20)39-14-17-10-28(29,30)26(37)34-17)16-11-33-35(13-16)18-4-6-27(3,38)7-5-18/h8-9,11-13,15,17-18,38H,4-7,10,14H2,1-3H3,(H2,31,36)(H,34,37)/t17-,18?,27?/m0/s1. The summed E-state index contributed by atoms with van der Waals surface area (Å²) < 4.78 is 41.0. The van der Waals surface area contributed by atoms with Crippen molar-refractivity contribution < 1.29 is 33.0 Å². The Hall–Kier alpha value is -3.80. The third-order valence-corrected chi connectivity index (χ3v) is 7.49. The molecule has 2 fully saturated rings. The molecule has 2 amide bonds. The predicted molar refractivity (Wildman–Crippen MR) is 142 cm³/mol. The maximum absolute atomic E-state index is 13.7. The molecule has 1 aliphatic carbocycles. The summed E-state index contributed by atoms with van der Waals surface area (Å²) in [7, 11) is 0. The molecule has 1 aliphatic heterocycles. The van der Waals surface area contributed by atoms with E-state index in [0.29, 0.717) is 29.2 Å². The van der Waals surface area contributed by atoms with E-state index in [-0.39, 0.29) is 35.9 Å². The van der Waals surface area contributed by atoms with Crippen LogP contribution >= 0.6 is 0 Å². The molecule has 3 heterocycles. The fraction of sp³-hybridized carbons (Fsp3) is 0.500. The van der Waals surface area contributed by atoms with Crippen LogP contribution in [0.15, 0.2) is 30.7 Å². The second-order valence-electron chi connectivity index (χ2n) is 11.2. The summed E-state index contributed by atoms with van der Waals surface area (Å²) in [6.45, 7) is 5.25. The summed E-state index contributed by atoms with van der Waals surface area (Å²) in [4.78, 5) is 28.4. The van der Waals surface area contributed by atoms with E-state index in [9.17, 15) is 23.5 Å². The number of aliphatic hydroxyl groups is 1. The van der Waals surface area contributed by atoms with Gasteiger partial charge in [-0.15, -0.1) is 0 Å². The molecular weight excluding hydrogens is 524 g/mol. The number of benzene rings is 1. The fourth-order valence-electron chi connectivity index (χ4n) is 5.32. The van der Waals surface area contributed by atoms with Crippen LogP contribution in [0.2, 0.25) is 0 Å². The van der Waals surface area contributed by atoms with Gasteiger partial charge >= 0.3 is 5.92 Å². The minimum absolute atomic E-state index is 0.134. The summed E-state index contributed by atoms with van der Waals surface area (Å²) in [5.41, 5.74) is 6.61. The highest BCUT2D eigenvalue weighted by Gasteiger charge is 2.48. The summed E-state index contributed by atoms with van der Waals surface area (Å²) in [5, 5.41) is 18.2. The number of rotatable bonds is 8. The van der Waals surface area contributed by atoms with Crippen LogP contribution in [0.5, 0.6) is 11.6 Å². The molecule has 40 heavy (non-hydrogen) atoms. The molecule has 5 rings (SSSR count). The lowest BCUT2D eigenvalue weighted by Crippen LogP contribution is -2.33. The number of pyridine rings is 1. The number of carbonyl (C=O) groups is 2. The number of hydrogen-bond donors (Lipinski definition) is 3. The quantitative estimate of drug-likeness (QED) is 0.383. The van der Waals surface area contributed by atoms with Crippen LogP contribution in [0.1, 0.15) is 69.3 Å². The highest BCUT2D eigenvalue weighted by molar-refractivity contribution is 6.06. The Morgan fingerprint density at radius 1 is 1.25 bits per heavy atom. The monoisotopic (exact) mass is 557 g/mol. The second kappa shape index (κ2) is 10.3. The second-order valence-corrected chi connectivity index (χ2v) is 11.2. The van der Waals surface area contributed by atoms with Gasteiger partial charge in [-0.25, -0.2) is 4.98 Å². The number of hydrogen-bond acceptors (Lipinski definition) is 7. The highest BCUT2D eigenvalue weighted by atomic mass is 19.3. The van der Waals surface area contributed by atoms with Crippen molar-refractivity contribution in [3.63, 3.8) is 0 Å². The van der Waals surface area contributed by atoms with Crippen LogP contribution in [0.3, 0.4) is 0 Å². The van der Waals surface area contributed by atoms with Crippen molar-refractivity contribution in [1.82, 2.24) is 20.1 Å². The first kappa shape index (κ1) is 27.8. The van der Waals surface area contributed by atoms with Crippen LogP contribution in [0, 0.1) is 0 Å². The van der Waals surface area contributed by atoms with Gasteiger partial charge < -0.3 is 25.6 Å². The third kappa shape index (κ3) is 5.58. The number of nitrogens with zero attached hydrogens (tertiary/aromatic N) is 3. The molecule has 0 spiro atoms. The maximum Gasteiger partial charge on any atom is 0.326 e. The first-order valence-corrected chi connectivity index (χ1v) is 13.3. The van der Waals surface area contributed by atoms with Gasteiger partial charge in [0.1, 0.15) is 12.4 Å². The Morgan fingerprint density at radius 2 is 1.98 bits per heavy atom. The summed E-state index contributed by atoms with van der Waals surface area (Å²) in [5.74, 6) is -5.08. The van der Waals surface area contributed by atoms with Crippen LogP contribution in [0.25, 0.3) is 21.9 Å². The number of alkyl halides is 2. The molecule has 3 aromatic rings. The zero-order chi connectivity index (χ0) is 28.8. The van der Waals surface area contributed by atoms with Crippen molar-refractivity contribution in [3.8, 4) is 22.8 Å². The van der Waals surface area contributed by atoms with Crippen molar-refractivity contribution in [2.45, 2.75) is 82.6 Å². The average Bonchev–Trinajstić information content (AvgIpc) is 3.45. The molecule has 1 saturated heterocycles. The number of amides is 2. The lowest BCUT2D eigenvalue weighted by atomic mass is 9.84. The number of primary amides is 1. The van der Waals surface area contributed by atoms with E-state index in [1.807, 2.05) is 31.6 Å². The largest absolute Gasteiger partial charge is 0.490 e. The van der Waals surface area contributed by atoms with Crippen molar-refractivity contribution in [3.05, 3.63) is 36.3 Å². The molecule has 4 N–H and O–H groups in total. The Morgan fingerprint density at radius 3 is 2.60 bits per heavy atom. The van der Waals surface area contributed by atoms with Crippen LogP contribution in [-0.4, -0.2) is 62.0 Å². The molecule has 0 bridgehead atoms. The number of carbonyl (C=O) groups excluding carboxylic acids is 2. The molecule has 0 unspecified atom stereocenters. The smallest absolute Gasteiger partial charge is 0.326 e. The number of nitrogens with one attached hydrogen (secondary N) is 1. The molecule has 10 nitrogen and oxygen atoms in total. The minimum Gasteiger partial charge on any atom is -0.490 e. The van der Waals surface area contributed by atoms with Gasteiger partial charge in [0.15, 0.2) is 0 Å². The lowest BCUT2D eigenvalue weighted by Gasteiger charge is -2.33. The molecule has 12 heteroatoms. The number of fused-ring (bicyclic) bond motifs is 1. The molecule has 1 aromatic carbocycles. The van der Waals surface area contributed by atoms with E-state index in [0.717, 1.165) is 18.4 Å². The van der Waals surface area contributed by atoms with E-state index in [2.05, 4.69) is 15.4 Å². The third-order valence-electron chi connectivity index (χ3n) is 7.49. The SMILES string of the molecule is CC(C)Oc1cc2c(OC[C@@H]3CC(F)(F)C(=O)N3)ncc(-c3cnn(C4CCC(C)(O)CC4)c3)c2cc1C(N)=O. The first-order chi connectivity index (χ1) is 18.8. The number of halogens is 2. The number of aromatic nitrogens is 3. The van der Waals surface area contributed by atoms with Crippen LogP contribution in [0.4, 0.5) is 8.78 Å². The minimum atomic E-state index is -3.45. The molecule has 214 valence electrons. The van der Waals surface area contributed by atoms with Gasteiger partial charge in [0.2, 0.25) is 5.88 Å². The number of ether oxygens (including phenoxy) is 2. The molecule has 1 atom stereocenters. The Bertz CT molecular complexity index is 1440. The van der Waals surface area contributed by atoms with Crippen LogP contribution in [-0.2, 0) is 4.79 Å². The highest BCUT2D eigenvalue weighted by Crippen LogP contribution is 2.39. The summed E-state index contributed by atoms with van der Waals surface area (Å²) in [6, 6.07) is 2.48. The van der Waals surface area contributed by atoms with Crippen molar-refractivity contribution >= 4 is 22.6 Å². The summed E-state index contributed by atoms with van der Waals surface area (Å²) >= 11 is 0. The number of nitrogens with two attached hydrogens (primary N) is 1. The van der Waals surface area contributed by atoms with Gasteiger partial charge in [-0.1, -0.05) is 0 Å². The molecule has 1 saturated carbocycles. The van der Waals surface area contributed by atoms with E-state index >= 15 is 0 Å². The summed E-state index contributed by atoms with van der Waals surface area (Å²) in [6.07, 6.45) is 7.18. The van der Waals surface area contributed by atoms with E-state index in [4.69, 9.17) is 15.2 Å². The Kier molecular flexibility index (Phi) is 7.15. The predicted octanol–water partition coefficient (Wildman–Crippen LogP) is 3.75. The average molecular weight is 558 g/mol. The molecular formula is C28H33F2N5O5. The topological polar surface area (TPSA) is 142 Å². The van der Waals surface area contributed by atoms with Crippen molar-refractivity contribution in [2.75, 3.05) is 6.61 Å². The first-order valence-electron chi connectivity index (χ1n) is 13.3. The van der Waals surface area contributed by atoms with E-state index in [1.54, 1.807) is 24.5 Å². The van der Waals surface area contributed by atoms with Gasteiger partial charge in [-0.3, -0.25) is 14.3 Å². The molecule has 2 aromatic heterocycles. The normalized spacial score (nSPS) is 24.3. The lowest BCUT2D eigenvalue weighted by molar-refractivity contribution is -0.139. The van der Waals surface area contributed by atoms with Crippen molar-refractivity contribution in [2.24, 2.45) is 5.73 Å². The molecule has 2 aliphatic rings. The zero-order valence-corrected chi connectivity index (χ0v) is 22.6. The van der Waals surface area contributed by atoms with Gasteiger partial charge in [-0.05, 0) is 64.0 Å². The van der Waals surface area contributed by atoms with Gasteiger partial charge in [0, 0.05) is 35.3 Å². The Labute approximate surface area is 229 Å². The molecule has 0 radical (unpaired) electrons. The van der Waals surface area contributed by atoms with E-state index in [1.165, 1.54) is 0 Å². The fourth-order valence-corrected chi connectivity index (χ4v) is 5.32. The van der Waals surface area contributed by atoms with Crippen LogP contribution < -0.4 is 20.5 Å². The van der Waals surface area contributed by atoms with Gasteiger partial charge in [0.25, 0.3) is 11.8 Å².